The van der Waals surface area contributed by atoms with Gasteiger partial charge in [-0.2, -0.15) is 0 Å². The Hall–Kier alpha value is -4.18. The smallest absolute Gasteiger partial charge is 0.230 e. The molecule has 34 heavy (non-hydrogen) atoms. The van der Waals surface area contributed by atoms with E-state index >= 15 is 0 Å². The van der Waals surface area contributed by atoms with Crippen LogP contribution in [0.1, 0.15) is 17.0 Å². The minimum absolute atomic E-state index is 0.146. The van der Waals surface area contributed by atoms with Crippen LogP contribution in [0.5, 0.6) is 0 Å². The predicted molar refractivity (Wildman–Crippen MR) is 128 cm³/mol. The van der Waals surface area contributed by atoms with E-state index in [0.29, 0.717) is 5.13 Å². The van der Waals surface area contributed by atoms with Gasteiger partial charge in [-0.15, -0.1) is 16.4 Å². The first-order valence-corrected chi connectivity index (χ1v) is 11.4. The van der Waals surface area contributed by atoms with Crippen LogP contribution < -0.4 is 5.32 Å². The van der Waals surface area contributed by atoms with E-state index in [9.17, 15) is 9.18 Å². The van der Waals surface area contributed by atoms with E-state index in [1.54, 1.807) is 16.8 Å². The van der Waals surface area contributed by atoms with Gasteiger partial charge in [0, 0.05) is 28.0 Å². The fourth-order valence-corrected chi connectivity index (χ4v) is 4.59. The van der Waals surface area contributed by atoms with Gasteiger partial charge in [0.05, 0.1) is 17.8 Å². The second kappa shape index (κ2) is 8.99. The van der Waals surface area contributed by atoms with Crippen molar-refractivity contribution >= 4 is 22.4 Å². The molecule has 0 atom stereocenters. The SMILES string of the molecule is Cc1cc(-c2csc(NC(=O)Cc3ccc(-n4cnnn4)cc3)n2)c(C)n1-c1ccc(F)cc1. The van der Waals surface area contributed by atoms with Crippen LogP contribution in [-0.2, 0) is 11.2 Å². The third-order valence-electron chi connectivity index (χ3n) is 5.46. The monoisotopic (exact) mass is 473 g/mol. The van der Waals surface area contributed by atoms with Crippen LogP contribution in [0.15, 0.2) is 66.3 Å². The lowest BCUT2D eigenvalue weighted by Gasteiger charge is -2.09. The number of hydrogen-bond donors (Lipinski definition) is 1. The summed E-state index contributed by atoms with van der Waals surface area (Å²) in [5.41, 5.74) is 6.34. The Labute approximate surface area is 198 Å². The first kappa shape index (κ1) is 21.7. The lowest BCUT2D eigenvalue weighted by atomic mass is 10.1. The van der Waals surface area contributed by atoms with Crippen LogP contribution in [0.4, 0.5) is 9.52 Å². The van der Waals surface area contributed by atoms with E-state index in [4.69, 9.17) is 0 Å². The quantitative estimate of drug-likeness (QED) is 0.392. The molecule has 0 saturated heterocycles. The third kappa shape index (κ3) is 4.35. The Bertz CT molecular complexity index is 1440. The molecule has 3 aromatic heterocycles. The van der Waals surface area contributed by atoms with Gasteiger partial charge < -0.3 is 9.88 Å². The van der Waals surface area contributed by atoms with Crippen molar-refractivity contribution in [2.75, 3.05) is 5.32 Å². The van der Waals surface area contributed by atoms with Crippen LogP contribution in [0.3, 0.4) is 0 Å². The van der Waals surface area contributed by atoms with Crippen molar-refractivity contribution in [3.05, 3.63) is 89.1 Å². The Morgan fingerprint density at radius 3 is 2.50 bits per heavy atom. The average molecular weight is 474 g/mol. The largest absolute Gasteiger partial charge is 0.318 e. The molecule has 0 bridgehead atoms. The molecular weight excluding hydrogens is 453 g/mol. The zero-order valence-corrected chi connectivity index (χ0v) is 19.3. The van der Waals surface area contributed by atoms with Crippen LogP contribution in [0, 0.1) is 19.7 Å². The number of rotatable bonds is 6. The van der Waals surface area contributed by atoms with Gasteiger partial charge in [-0.1, -0.05) is 12.1 Å². The number of carbonyl (C=O) groups is 1. The number of tetrazole rings is 1. The fourth-order valence-electron chi connectivity index (χ4n) is 3.86. The fraction of sp³-hybridized carbons (Fsp3) is 0.125. The second-order valence-electron chi connectivity index (χ2n) is 7.78. The molecule has 0 fully saturated rings. The molecule has 2 aromatic carbocycles. The molecule has 0 aliphatic heterocycles. The Morgan fingerprint density at radius 2 is 1.79 bits per heavy atom. The highest BCUT2D eigenvalue weighted by Gasteiger charge is 2.16. The molecule has 0 aliphatic rings. The molecule has 10 heteroatoms. The number of hydrogen-bond acceptors (Lipinski definition) is 6. The number of aromatic nitrogens is 6. The minimum atomic E-state index is -0.269. The Balaban J connectivity index is 1.28. The van der Waals surface area contributed by atoms with Crippen molar-refractivity contribution in [2.45, 2.75) is 20.3 Å². The highest BCUT2D eigenvalue weighted by molar-refractivity contribution is 7.14. The molecular formula is C24H20FN7OS. The number of nitrogens with one attached hydrogen (secondary N) is 1. The summed E-state index contributed by atoms with van der Waals surface area (Å²) >= 11 is 1.38. The van der Waals surface area contributed by atoms with Gasteiger partial charge in [-0.05, 0) is 72.3 Å². The van der Waals surface area contributed by atoms with Crippen LogP contribution in [-0.4, -0.2) is 35.7 Å². The number of nitrogens with zero attached hydrogens (tertiary/aromatic N) is 6. The second-order valence-corrected chi connectivity index (χ2v) is 8.64. The lowest BCUT2D eigenvalue weighted by Crippen LogP contribution is -2.14. The van der Waals surface area contributed by atoms with Crippen molar-refractivity contribution in [3.8, 4) is 22.6 Å². The van der Waals surface area contributed by atoms with Gasteiger partial charge in [-0.3, -0.25) is 4.79 Å². The van der Waals surface area contributed by atoms with Crippen molar-refractivity contribution in [3.63, 3.8) is 0 Å². The maximum Gasteiger partial charge on any atom is 0.230 e. The Morgan fingerprint density at radius 1 is 1.06 bits per heavy atom. The summed E-state index contributed by atoms with van der Waals surface area (Å²) in [5.74, 6) is -0.414. The van der Waals surface area contributed by atoms with E-state index in [2.05, 4.69) is 30.4 Å². The van der Waals surface area contributed by atoms with Crippen LogP contribution >= 0.6 is 11.3 Å². The Kier molecular flexibility index (Phi) is 5.72. The van der Waals surface area contributed by atoms with Crippen LogP contribution in [0.2, 0.25) is 0 Å². The number of amides is 1. The zero-order chi connectivity index (χ0) is 23.7. The summed E-state index contributed by atoms with van der Waals surface area (Å²) in [7, 11) is 0. The number of benzene rings is 2. The van der Waals surface area contributed by atoms with Gasteiger partial charge >= 0.3 is 0 Å². The number of carbonyl (C=O) groups excluding carboxylic acids is 1. The van der Waals surface area contributed by atoms with E-state index in [-0.39, 0.29) is 18.1 Å². The lowest BCUT2D eigenvalue weighted by molar-refractivity contribution is -0.115. The highest BCUT2D eigenvalue weighted by atomic mass is 32.1. The van der Waals surface area contributed by atoms with Gasteiger partial charge in [0.25, 0.3) is 0 Å². The molecule has 8 nitrogen and oxygen atoms in total. The number of thiazole rings is 1. The zero-order valence-electron chi connectivity index (χ0n) is 18.4. The number of halogens is 1. The van der Waals surface area contributed by atoms with E-state index in [1.165, 1.54) is 29.8 Å². The summed E-state index contributed by atoms with van der Waals surface area (Å²) in [5, 5.41) is 16.4. The summed E-state index contributed by atoms with van der Waals surface area (Å²) in [4.78, 5) is 17.2. The topological polar surface area (TPSA) is 90.5 Å². The first-order valence-electron chi connectivity index (χ1n) is 10.5. The summed E-state index contributed by atoms with van der Waals surface area (Å²) in [6.45, 7) is 4.00. The first-order chi connectivity index (χ1) is 16.5. The standard InChI is InChI=1S/C24H20FN7OS/c1-15-11-21(16(2)32(15)20-9-5-18(25)6-10-20)22-13-34-24(27-22)28-23(33)12-17-3-7-19(8-4-17)31-14-26-29-30-31/h3-11,13-14H,12H2,1-2H3,(H,27,28,33). The average Bonchev–Trinajstić information content (AvgIpc) is 3.57. The molecule has 0 unspecified atom stereocenters. The molecule has 0 spiro atoms. The summed E-state index contributed by atoms with van der Waals surface area (Å²) in [6, 6.07) is 15.9. The van der Waals surface area contributed by atoms with Crippen molar-refractivity contribution in [2.24, 2.45) is 0 Å². The highest BCUT2D eigenvalue weighted by Crippen LogP contribution is 2.31. The maximum absolute atomic E-state index is 13.3. The number of anilines is 1. The molecule has 5 rings (SSSR count). The normalized spacial score (nSPS) is 11.0. The molecule has 170 valence electrons. The molecule has 0 aliphatic carbocycles. The summed E-state index contributed by atoms with van der Waals surface area (Å²) in [6.07, 6.45) is 1.74. The molecule has 5 aromatic rings. The molecule has 0 saturated carbocycles. The maximum atomic E-state index is 13.3. The van der Waals surface area contributed by atoms with Gasteiger partial charge in [0.15, 0.2) is 5.13 Å². The van der Waals surface area contributed by atoms with Crippen molar-refractivity contribution in [1.29, 1.82) is 0 Å². The molecule has 1 amide bonds. The van der Waals surface area contributed by atoms with Crippen LogP contribution in [0.25, 0.3) is 22.6 Å². The number of aryl methyl sites for hydroxylation is 1. The van der Waals surface area contributed by atoms with E-state index in [1.807, 2.05) is 49.6 Å². The van der Waals surface area contributed by atoms with Crippen molar-refractivity contribution in [1.82, 2.24) is 29.8 Å². The molecule has 3 heterocycles. The summed E-state index contributed by atoms with van der Waals surface area (Å²) < 4.78 is 16.9. The molecule has 1 N–H and O–H groups in total. The van der Waals surface area contributed by atoms with E-state index < -0.39 is 0 Å². The van der Waals surface area contributed by atoms with Gasteiger partial charge in [0.2, 0.25) is 5.91 Å². The van der Waals surface area contributed by atoms with Gasteiger partial charge in [0.1, 0.15) is 12.1 Å². The van der Waals surface area contributed by atoms with Crippen molar-refractivity contribution < 1.29 is 9.18 Å². The third-order valence-corrected chi connectivity index (χ3v) is 6.21. The van der Waals surface area contributed by atoms with Gasteiger partial charge in [-0.25, -0.2) is 14.1 Å². The van der Waals surface area contributed by atoms with E-state index in [0.717, 1.165) is 39.6 Å². The minimum Gasteiger partial charge on any atom is -0.318 e. The molecule has 0 radical (unpaired) electrons. The predicted octanol–water partition coefficient (Wildman–Crippen LogP) is 4.51.